The van der Waals surface area contributed by atoms with Gasteiger partial charge in [0.15, 0.2) is 0 Å². The fourth-order valence-electron chi connectivity index (χ4n) is 2.03. The third-order valence-corrected chi connectivity index (χ3v) is 3.89. The first-order valence-corrected chi connectivity index (χ1v) is 8.81. The second kappa shape index (κ2) is 9.08. The van der Waals surface area contributed by atoms with Crippen LogP contribution in [0.15, 0.2) is 41.1 Å². The summed E-state index contributed by atoms with van der Waals surface area (Å²) in [5.41, 5.74) is 1.63. The van der Waals surface area contributed by atoms with Crippen LogP contribution in [0.2, 0.25) is 0 Å². The van der Waals surface area contributed by atoms with Crippen molar-refractivity contribution in [3.8, 4) is 5.75 Å². The van der Waals surface area contributed by atoms with E-state index in [0.29, 0.717) is 18.7 Å². The third-order valence-electron chi connectivity index (χ3n) is 3.21. The molecular formula is C18H22N2O3S. The molecule has 5 nitrogen and oxygen atoms in total. The van der Waals surface area contributed by atoms with E-state index < -0.39 is 0 Å². The van der Waals surface area contributed by atoms with Crippen LogP contribution in [0.1, 0.15) is 36.2 Å². The molecule has 2 aromatic rings. The number of carbonyl (C=O) groups excluding carboxylic acids is 2. The molecule has 0 radical (unpaired) electrons. The average Bonchev–Trinajstić information content (AvgIpc) is 3.08. The molecule has 1 aromatic carbocycles. The first kappa shape index (κ1) is 18.0. The lowest BCUT2D eigenvalue weighted by molar-refractivity contribution is -0.121. The van der Waals surface area contributed by atoms with Gasteiger partial charge in [-0.25, -0.2) is 0 Å². The van der Waals surface area contributed by atoms with Crippen LogP contribution in [0.4, 0.5) is 0 Å². The molecule has 1 aromatic heterocycles. The number of hydrogen-bond acceptors (Lipinski definition) is 4. The lowest BCUT2D eigenvalue weighted by Gasteiger charge is -2.10. The van der Waals surface area contributed by atoms with Crippen LogP contribution < -0.4 is 15.4 Å². The van der Waals surface area contributed by atoms with Gasteiger partial charge in [0.1, 0.15) is 5.75 Å². The molecule has 6 heteroatoms. The molecule has 2 amide bonds. The Bertz CT molecular complexity index is 651. The van der Waals surface area contributed by atoms with Gasteiger partial charge in [0.25, 0.3) is 5.91 Å². The maximum absolute atomic E-state index is 11.8. The molecule has 1 heterocycles. The van der Waals surface area contributed by atoms with Crippen LogP contribution in [-0.4, -0.2) is 24.5 Å². The molecule has 0 unspecified atom stereocenters. The largest absolute Gasteiger partial charge is 0.491 e. The molecule has 0 saturated carbocycles. The van der Waals surface area contributed by atoms with Crippen LogP contribution in [0.25, 0.3) is 0 Å². The summed E-state index contributed by atoms with van der Waals surface area (Å²) < 4.78 is 5.57. The lowest BCUT2D eigenvalue weighted by atomic mass is 10.2. The monoisotopic (exact) mass is 346 g/mol. The zero-order valence-electron chi connectivity index (χ0n) is 13.9. The molecule has 0 saturated heterocycles. The summed E-state index contributed by atoms with van der Waals surface area (Å²) in [4.78, 5) is 23.5. The molecule has 0 atom stereocenters. The van der Waals surface area contributed by atoms with Crippen molar-refractivity contribution in [3.63, 3.8) is 0 Å². The van der Waals surface area contributed by atoms with Crippen molar-refractivity contribution in [2.75, 3.05) is 6.54 Å². The standard InChI is InChI=1S/C18H22N2O3S/c1-13(2)23-16-5-3-14(4-6-16)11-20-17(21)7-9-19-18(22)15-8-10-24-12-15/h3-6,8,10,12-13H,7,9,11H2,1-2H3,(H,19,22)(H,20,21). The number of amides is 2. The summed E-state index contributed by atoms with van der Waals surface area (Å²) in [5, 5.41) is 9.19. The lowest BCUT2D eigenvalue weighted by Crippen LogP contribution is -2.30. The Morgan fingerprint density at radius 1 is 1.12 bits per heavy atom. The fourth-order valence-corrected chi connectivity index (χ4v) is 2.67. The highest BCUT2D eigenvalue weighted by molar-refractivity contribution is 7.08. The van der Waals surface area contributed by atoms with Crippen molar-refractivity contribution in [1.29, 1.82) is 0 Å². The normalized spacial score (nSPS) is 10.5. The number of ether oxygens (including phenoxy) is 1. The Morgan fingerprint density at radius 2 is 1.88 bits per heavy atom. The van der Waals surface area contributed by atoms with Crippen LogP contribution >= 0.6 is 11.3 Å². The summed E-state index contributed by atoms with van der Waals surface area (Å²) in [6.45, 7) is 4.73. The number of rotatable bonds is 8. The predicted octanol–water partition coefficient (Wildman–Crippen LogP) is 2.97. The topological polar surface area (TPSA) is 67.4 Å². The minimum absolute atomic E-state index is 0.0943. The van der Waals surface area contributed by atoms with Gasteiger partial charge in [-0.2, -0.15) is 11.3 Å². The molecule has 0 aliphatic heterocycles. The maximum Gasteiger partial charge on any atom is 0.252 e. The van der Waals surface area contributed by atoms with Gasteiger partial charge >= 0.3 is 0 Å². The minimum atomic E-state index is -0.148. The maximum atomic E-state index is 11.8. The van der Waals surface area contributed by atoms with Gasteiger partial charge in [0, 0.05) is 30.5 Å². The molecule has 0 spiro atoms. The third kappa shape index (κ3) is 6.04. The van der Waals surface area contributed by atoms with Crippen LogP contribution in [0.5, 0.6) is 5.75 Å². The van der Waals surface area contributed by atoms with Crippen molar-refractivity contribution in [2.24, 2.45) is 0 Å². The summed E-state index contributed by atoms with van der Waals surface area (Å²) in [5.74, 6) is 0.573. The van der Waals surface area contributed by atoms with Crippen LogP contribution in [0, 0.1) is 0 Å². The summed E-state index contributed by atoms with van der Waals surface area (Å²) in [6, 6.07) is 9.39. The van der Waals surface area contributed by atoms with Crippen molar-refractivity contribution >= 4 is 23.2 Å². The average molecular weight is 346 g/mol. The summed E-state index contributed by atoms with van der Waals surface area (Å²) >= 11 is 1.47. The van der Waals surface area contributed by atoms with E-state index in [4.69, 9.17) is 4.74 Å². The van der Waals surface area contributed by atoms with E-state index in [9.17, 15) is 9.59 Å². The van der Waals surface area contributed by atoms with Crippen LogP contribution in [-0.2, 0) is 11.3 Å². The zero-order valence-corrected chi connectivity index (χ0v) is 14.7. The predicted molar refractivity (Wildman–Crippen MR) is 95.3 cm³/mol. The quantitative estimate of drug-likeness (QED) is 0.772. The van der Waals surface area contributed by atoms with E-state index >= 15 is 0 Å². The molecular weight excluding hydrogens is 324 g/mol. The smallest absolute Gasteiger partial charge is 0.252 e. The van der Waals surface area contributed by atoms with Crippen molar-refractivity contribution in [3.05, 3.63) is 52.2 Å². The number of nitrogens with one attached hydrogen (secondary N) is 2. The zero-order chi connectivity index (χ0) is 17.4. The van der Waals surface area contributed by atoms with Crippen molar-refractivity contribution < 1.29 is 14.3 Å². The minimum Gasteiger partial charge on any atom is -0.491 e. The summed E-state index contributed by atoms with van der Waals surface area (Å²) in [7, 11) is 0. The van der Waals surface area contributed by atoms with Gasteiger partial charge < -0.3 is 15.4 Å². The van der Waals surface area contributed by atoms with E-state index in [1.54, 1.807) is 11.4 Å². The Kier molecular flexibility index (Phi) is 6.81. The van der Waals surface area contributed by atoms with E-state index in [1.165, 1.54) is 11.3 Å². The SMILES string of the molecule is CC(C)Oc1ccc(CNC(=O)CCNC(=O)c2ccsc2)cc1. The van der Waals surface area contributed by atoms with Gasteiger partial charge in [-0.05, 0) is 43.0 Å². The fraction of sp³-hybridized carbons (Fsp3) is 0.333. The van der Waals surface area contributed by atoms with Gasteiger partial charge in [-0.3, -0.25) is 9.59 Å². The number of thiophene rings is 1. The Morgan fingerprint density at radius 3 is 2.50 bits per heavy atom. The molecule has 24 heavy (non-hydrogen) atoms. The molecule has 2 N–H and O–H groups in total. The van der Waals surface area contributed by atoms with E-state index in [2.05, 4.69) is 10.6 Å². The molecule has 0 aliphatic carbocycles. The van der Waals surface area contributed by atoms with E-state index in [-0.39, 0.29) is 24.3 Å². The van der Waals surface area contributed by atoms with Gasteiger partial charge in [0.2, 0.25) is 5.91 Å². The first-order valence-electron chi connectivity index (χ1n) is 7.87. The Balaban J connectivity index is 1.66. The number of hydrogen-bond donors (Lipinski definition) is 2. The molecule has 128 valence electrons. The molecule has 0 aliphatic rings. The van der Waals surface area contributed by atoms with Crippen LogP contribution in [0.3, 0.4) is 0 Å². The highest BCUT2D eigenvalue weighted by Crippen LogP contribution is 2.13. The van der Waals surface area contributed by atoms with Crippen molar-refractivity contribution in [2.45, 2.75) is 32.9 Å². The van der Waals surface area contributed by atoms with Gasteiger partial charge in [0.05, 0.1) is 6.10 Å². The molecule has 0 fully saturated rings. The second-order valence-electron chi connectivity index (χ2n) is 5.61. The van der Waals surface area contributed by atoms with Gasteiger partial charge in [-0.15, -0.1) is 0 Å². The van der Waals surface area contributed by atoms with E-state index in [1.807, 2.05) is 43.5 Å². The molecule has 2 rings (SSSR count). The molecule has 0 bridgehead atoms. The van der Waals surface area contributed by atoms with E-state index in [0.717, 1.165) is 11.3 Å². The highest BCUT2D eigenvalue weighted by atomic mass is 32.1. The Hall–Kier alpha value is -2.34. The second-order valence-corrected chi connectivity index (χ2v) is 6.39. The Labute approximate surface area is 146 Å². The van der Waals surface area contributed by atoms with Crippen molar-refractivity contribution in [1.82, 2.24) is 10.6 Å². The summed E-state index contributed by atoms with van der Waals surface area (Å²) in [6.07, 6.45) is 0.393. The number of benzene rings is 1. The van der Waals surface area contributed by atoms with Gasteiger partial charge in [-0.1, -0.05) is 12.1 Å². The first-order chi connectivity index (χ1) is 11.5. The number of carbonyl (C=O) groups is 2. The highest BCUT2D eigenvalue weighted by Gasteiger charge is 2.07.